The smallest absolute Gasteiger partial charge is 0.0715 e. The highest BCUT2D eigenvalue weighted by Crippen LogP contribution is 2.21. The van der Waals surface area contributed by atoms with Crippen molar-refractivity contribution in [1.29, 1.82) is 0 Å². The van der Waals surface area contributed by atoms with Crippen LogP contribution in [0.2, 0.25) is 0 Å². The molecule has 1 atom stereocenters. The second-order valence-electron chi connectivity index (χ2n) is 6.64. The maximum atomic E-state index is 9.91. The van der Waals surface area contributed by atoms with Crippen molar-refractivity contribution in [3.05, 3.63) is 0 Å². The zero-order chi connectivity index (χ0) is 11.6. The minimum atomic E-state index is -0.255. The largest absolute Gasteiger partial charge is 0.391 e. The predicted molar refractivity (Wildman–Crippen MR) is 62.4 cm³/mol. The fourth-order valence-corrected chi connectivity index (χ4v) is 1.44. The van der Waals surface area contributed by atoms with E-state index in [1.807, 2.05) is 0 Å². The summed E-state index contributed by atoms with van der Waals surface area (Å²) in [6.45, 7) is 14.6. The lowest BCUT2D eigenvalue weighted by Gasteiger charge is -2.33. The Labute approximate surface area is 89.3 Å². The Morgan fingerprint density at radius 1 is 1.07 bits per heavy atom. The summed E-state index contributed by atoms with van der Waals surface area (Å²) >= 11 is 0. The standard InChI is InChI=1S/C12H27NO/c1-11(2,3)9-13(7)8-10(14)12(4,5)6/h10,14H,8-9H2,1-7H3. The molecule has 0 aromatic rings. The second kappa shape index (κ2) is 4.63. The van der Waals surface area contributed by atoms with E-state index in [0.29, 0.717) is 5.41 Å². The van der Waals surface area contributed by atoms with Gasteiger partial charge in [0.05, 0.1) is 6.10 Å². The van der Waals surface area contributed by atoms with Gasteiger partial charge >= 0.3 is 0 Å². The Morgan fingerprint density at radius 3 is 1.79 bits per heavy atom. The van der Waals surface area contributed by atoms with Gasteiger partial charge in [0, 0.05) is 13.1 Å². The van der Waals surface area contributed by atoms with Crippen molar-refractivity contribution in [2.24, 2.45) is 10.8 Å². The molecule has 1 N–H and O–H groups in total. The number of aliphatic hydroxyl groups is 1. The zero-order valence-corrected chi connectivity index (χ0v) is 10.9. The molecule has 0 aliphatic carbocycles. The van der Waals surface area contributed by atoms with Crippen LogP contribution in [0.5, 0.6) is 0 Å². The summed E-state index contributed by atoms with van der Waals surface area (Å²) in [7, 11) is 2.07. The summed E-state index contributed by atoms with van der Waals surface area (Å²) in [6.07, 6.45) is -0.255. The van der Waals surface area contributed by atoms with Gasteiger partial charge in [-0.05, 0) is 17.9 Å². The topological polar surface area (TPSA) is 23.5 Å². The Bertz CT molecular complexity index is 164. The first-order chi connectivity index (χ1) is 6.02. The van der Waals surface area contributed by atoms with Crippen LogP contribution in [0.1, 0.15) is 41.5 Å². The summed E-state index contributed by atoms with van der Waals surface area (Å²) in [5, 5.41) is 9.91. The van der Waals surface area contributed by atoms with Crippen LogP contribution in [0.4, 0.5) is 0 Å². The Morgan fingerprint density at radius 2 is 1.50 bits per heavy atom. The van der Waals surface area contributed by atoms with Gasteiger partial charge in [-0.2, -0.15) is 0 Å². The van der Waals surface area contributed by atoms with Gasteiger partial charge in [0.25, 0.3) is 0 Å². The highest BCUT2D eigenvalue weighted by Gasteiger charge is 2.24. The second-order valence-corrected chi connectivity index (χ2v) is 6.64. The average Bonchev–Trinajstić information content (AvgIpc) is 1.79. The SMILES string of the molecule is CN(CC(O)C(C)(C)C)CC(C)(C)C. The first-order valence-corrected chi connectivity index (χ1v) is 5.39. The molecule has 0 aliphatic heterocycles. The van der Waals surface area contributed by atoms with E-state index in [0.717, 1.165) is 13.1 Å². The molecule has 1 unspecified atom stereocenters. The molecule has 0 saturated heterocycles. The van der Waals surface area contributed by atoms with Crippen LogP contribution in [-0.4, -0.2) is 36.2 Å². The van der Waals surface area contributed by atoms with Gasteiger partial charge in [0.15, 0.2) is 0 Å². The summed E-state index contributed by atoms with van der Waals surface area (Å²) in [5.74, 6) is 0. The molecule has 86 valence electrons. The van der Waals surface area contributed by atoms with Crippen LogP contribution in [-0.2, 0) is 0 Å². The van der Waals surface area contributed by atoms with Crippen molar-refractivity contribution in [1.82, 2.24) is 4.90 Å². The normalized spacial score (nSPS) is 16.1. The molecule has 0 saturated carbocycles. The van der Waals surface area contributed by atoms with Crippen LogP contribution in [0.3, 0.4) is 0 Å². The summed E-state index contributed by atoms with van der Waals surface area (Å²) < 4.78 is 0. The van der Waals surface area contributed by atoms with E-state index in [9.17, 15) is 5.11 Å². The van der Waals surface area contributed by atoms with Crippen LogP contribution >= 0.6 is 0 Å². The van der Waals surface area contributed by atoms with Gasteiger partial charge in [-0.15, -0.1) is 0 Å². The van der Waals surface area contributed by atoms with Gasteiger partial charge in [0.1, 0.15) is 0 Å². The highest BCUT2D eigenvalue weighted by atomic mass is 16.3. The molecular formula is C12H27NO. The minimum absolute atomic E-state index is 0.0217. The Balaban J connectivity index is 4.01. The molecule has 0 aromatic heterocycles. The molecule has 0 heterocycles. The summed E-state index contributed by atoms with van der Waals surface area (Å²) in [6, 6.07) is 0. The third-order valence-corrected chi connectivity index (χ3v) is 2.23. The number of hydrogen-bond acceptors (Lipinski definition) is 2. The first-order valence-electron chi connectivity index (χ1n) is 5.39. The summed E-state index contributed by atoms with van der Waals surface area (Å²) in [5.41, 5.74) is 0.276. The molecular weight excluding hydrogens is 174 g/mol. The molecule has 0 aromatic carbocycles. The maximum absolute atomic E-state index is 9.91. The molecule has 0 fully saturated rings. The van der Waals surface area contributed by atoms with E-state index in [1.54, 1.807) is 0 Å². The lowest BCUT2D eigenvalue weighted by Crippen LogP contribution is -2.40. The molecule has 0 rings (SSSR count). The van der Waals surface area contributed by atoms with E-state index in [4.69, 9.17) is 0 Å². The van der Waals surface area contributed by atoms with E-state index >= 15 is 0 Å². The predicted octanol–water partition coefficient (Wildman–Crippen LogP) is 2.37. The molecule has 0 spiro atoms. The van der Waals surface area contributed by atoms with Crippen LogP contribution < -0.4 is 0 Å². The van der Waals surface area contributed by atoms with E-state index in [1.165, 1.54) is 0 Å². The molecule has 0 amide bonds. The molecule has 0 bridgehead atoms. The molecule has 0 radical (unpaired) electrons. The fraction of sp³-hybridized carbons (Fsp3) is 1.00. The highest BCUT2D eigenvalue weighted by molar-refractivity contribution is 4.77. The van der Waals surface area contributed by atoms with Gasteiger partial charge in [-0.3, -0.25) is 0 Å². The number of hydrogen-bond donors (Lipinski definition) is 1. The number of likely N-dealkylation sites (N-methyl/N-ethyl adjacent to an activating group) is 1. The fourth-order valence-electron chi connectivity index (χ4n) is 1.44. The first kappa shape index (κ1) is 13.9. The monoisotopic (exact) mass is 201 g/mol. The van der Waals surface area contributed by atoms with Crippen molar-refractivity contribution in [3.8, 4) is 0 Å². The van der Waals surface area contributed by atoms with Crippen LogP contribution in [0, 0.1) is 10.8 Å². The summed E-state index contributed by atoms with van der Waals surface area (Å²) in [4.78, 5) is 2.20. The van der Waals surface area contributed by atoms with Gasteiger partial charge < -0.3 is 10.0 Å². The number of rotatable bonds is 3. The molecule has 14 heavy (non-hydrogen) atoms. The zero-order valence-electron chi connectivity index (χ0n) is 10.9. The van der Waals surface area contributed by atoms with E-state index in [2.05, 4.69) is 53.5 Å². The van der Waals surface area contributed by atoms with Gasteiger partial charge in [0.2, 0.25) is 0 Å². The lowest BCUT2D eigenvalue weighted by molar-refractivity contribution is 0.0280. The number of aliphatic hydroxyl groups excluding tert-OH is 1. The van der Waals surface area contributed by atoms with Crippen LogP contribution in [0.15, 0.2) is 0 Å². The molecule has 0 aliphatic rings. The van der Waals surface area contributed by atoms with Crippen molar-refractivity contribution in [2.75, 3.05) is 20.1 Å². The lowest BCUT2D eigenvalue weighted by atomic mass is 9.88. The maximum Gasteiger partial charge on any atom is 0.0715 e. The number of nitrogens with zero attached hydrogens (tertiary/aromatic N) is 1. The quantitative estimate of drug-likeness (QED) is 0.758. The van der Waals surface area contributed by atoms with Crippen molar-refractivity contribution < 1.29 is 5.11 Å². The van der Waals surface area contributed by atoms with Crippen molar-refractivity contribution in [2.45, 2.75) is 47.6 Å². The van der Waals surface area contributed by atoms with Crippen molar-refractivity contribution >= 4 is 0 Å². The van der Waals surface area contributed by atoms with E-state index < -0.39 is 0 Å². The van der Waals surface area contributed by atoms with Crippen molar-refractivity contribution in [3.63, 3.8) is 0 Å². The minimum Gasteiger partial charge on any atom is -0.391 e. The molecule has 2 nitrogen and oxygen atoms in total. The molecule has 2 heteroatoms. The Hall–Kier alpha value is -0.0800. The van der Waals surface area contributed by atoms with Gasteiger partial charge in [-0.1, -0.05) is 41.5 Å². The van der Waals surface area contributed by atoms with Gasteiger partial charge in [-0.25, -0.2) is 0 Å². The third-order valence-electron chi connectivity index (χ3n) is 2.23. The average molecular weight is 201 g/mol. The van der Waals surface area contributed by atoms with E-state index in [-0.39, 0.29) is 11.5 Å². The Kier molecular flexibility index (Phi) is 4.60. The van der Waals surface area contributed by atoms with Crippen LogP contribution in [0.25, 0.3) is 0 Å². The third kappa shape index (κ3) is 6.39.